The first-order valence-corrected chi connectivity index (χ1v) is 4.80. The zero-order valence-corrected chi connectivity index (χ0v) is 6.10. The van der Waals surface area contributed by atoms with Gasteiger partial charge in [-0.15, -0.1) is 0 Å². The minimum atomic E-state index is -1.02. The summed E-state index contributed by atoms with van der Waals surface area (Å²) in [5, 5.41) is 0. The van der Waals surface area contributed by atoms with Crippen LogP contribution in [0.25, 0.3) is 0 Å². The summed E-state index contributed by atoms with van der Waals surface area (Å²) in [7, 11) is -1.30. The Kier molecular flexibility index (Phi) is 4.66. The van der Waals surface area contributed by atoms with Gasteiger partial charge >= 0.3 is 0 Å². The molecule has 0 heterocycles. The van der Waals surface area contributed by atoms with Crippen LogP contribution in [-0.2, 0) is 4.12 Å². The molecule has 4 heteroatoms. The Bertz CT molecular complexity index is 15.1. The number of hydrogen-bond donors (Lipinski definition) is 1. The molecular formula is CH8O2Si2. The smallest absolute Gasteiger partial charge is 0.291 e. The van der Waals surface area contributed by atoms with E-state index in [2.05, 4.69) is 4.12 Å². The minimum absolute atomic E-state index is 0.274. The summed E-state index contributed by atoms with van der Waals surface area (Å²) in [5.41, 5.74) is 0. The third kappa shape index (κ3) is 4.35. The molecule has 0 aliphatic heterocycles. The van der Waals surface area contributed by atoms with Crippen LogP contribution in [0.4, 0.5) is 0 Å². The molecule has 0 rings (SSSR count). The van der Waals surface area contributed by atoms with Gasteiger partial charge in [-0.25, -0.2) is 0 Å². The van der Waals surface area contributed by atoms with E-state index >= 15 is 0 Å². The average molecular weight is 108 g/mol. The number of hydrogen-bond acceptors (Lipinski definition) is 2. The van der Waals surface area contributed by atoms with Gasteiger partial charge in [0.2, 0.25) is 0 Å². The van der Waals surface area contributed by atoms with Crippen LogP contribution in [0.3, 0.4) is 0 Å². The lowest BCUT2D eigenvalue weighted by Gasteiger charge is -1.84. The zero-order chi connectivity index (χ0) is 4.12. The van der Waals surface area contributed by atoms with Gasteiger partial charge < -0.3 is 8.91 Å². The molecule has 0 aliphatic rings. The number of rotatable bonds is 2. The van der Waals surface area contributed by atoms with E-state index in [1.807, 2.05) is 6.55 Å². The second kappa shape index (κ2) is 4.35. The van der Waals surface area contributed by atoms with Gasteiger partial charge in [-0.1, -0.05) is 6.55 Å². The highest BCUT2D eigenvalue weighted by molar-refractivity contribution is 6.37. The average Bonchev–Trinajstić information content (AvgIpc) is 1.41. The van der Waals surface area contributed by atoms with Crippen LogP contribution < -0.4 is 0 Å². The van der Waals surface area contributed by atoms with Crippen molar-refractivity contribution < 1.29 is 8.91 Å². The summed E-state index contributed by atoms with van der Waals surface area (Å²) >= 11 is 0. The highest BCUT2D eigenvalue weighted by Crippen LogP contribution is 1.53. The van der Waals surface area contributed by atoms with Crippen LogP contribution in [-0.4, -0.2) is 24.6 Å². The molecule has 2 nitrogen and oxygen atoms in total. The topological polar surface area (TPSA) is 29.5 Å². The third-order valence-electron chi connectivity index (χ3n) is 0.295. The predicted octanol–water partition coefficient (Wildman–Crippen LogP) is -1.87. The Balaban J connectivity index is 2.19. The van der Waals surface area contributed by atoms with E-state index in [1.165, 1.54) is 0 Å². The summed E-state index contributed by atoms with van der Waals surface area (Å²) in [6.07, 6.45) is 0. The Morgan fingerprint density at radius 3 is 2.40 bits per heavy atom. The largest absolute Gasteiger partial charge is 0.446 e. The highest BCUT2D eigenvalue weighted by Gasteiger charge is 1.69. The van der Waals surface area contributed by atoms with E-state index in [-0.39, 0.29) is 9.76 Å². The van der Waals surface area contributed by atoms with Gasteiger partial charge in [0.15, 0.2) is 0 Å². The van der Waals surface area contributed by atoms with E-state index in [9.17, 15) is 0 Å². The van der Waals surface area contributed by atoms with E-state index in [1.54, 1.807) is 0 Å². The molecule has 0 unspecified atom stereocenters. The molecule has 0 aliphatic carbocycles. The van der Waals surface area contributed by atoms with Gasteiger partial charge in [-0.2, -0.15) is 0 Å². The van der Waals surface area contributed by atoms with Gasteiger partial charge in [0.1, 0.15) is 9.76 Å². The predicted molar refractivity (Wildman–Crippen MR) is 26.3 cm³/mol. The van der Waals surface area contributed by atoms with Crippen molar-refractivity contribution in [3.8, 4) is 0 Å². The molecule has 0 amide bonds. The van der Waals surface area contributed by atoms with Crippen molar-refractivity contribution in [2.75, 3.05) is 0 Å². The normalized spacial score (nSPS) is 13.2. The fourth-order valence-electron chi connectivity index (χ4n) is 0.0913. The third-order valence-corrected chi connectivity index (χ3v) is 2.66. The first-order valence-electron chi connectivity index (χ1n) is 1.60. The molecule has 0 aromatic carbocycles. The molecule has 0 atom stereocenters. The molecule has 0 fully saturated rings. The van der Waals surface area contributed by atoms with E-state index in [4.69, 9.17) is 4.80 Å². The van der Waals surface area contributed by atoms with Crippen LogP contribution in [0, 0.1) is 0 Å². The monoisotopic (exact) mass is 108 g/mol. The lowest BCUT2D eigenvalue weighted by atomic mass is 11.9. The van der Waals surface area contributed by atoms with Crippen molar-refractivity contribution in [3.63, 3.8) is 0 Å². The lowest BCUT2D eigenvalue weighted by molar-refractivity contribution is 0.471. The Hall–Kier alpha value is 0.354. The molecule has 0 bridgehead atoms. The van der Waals surface area contributed by atoms with Gasteiger partial charge in [-0.05, 0) is 0 Å². The fourth-order valence-corrected chi connectivity index (χ4v) is 0.822. The van der Waals surface area contributed by atoms with Crippen LogP contribution in [0.15, 0.2) is 0 Å². The van der Waals surface area contributed by atoms with Crippen LogP contribution >= 0.6 is 0 Å². The molecular weight excluding hydrogens is 100 g/mol. The van der Waals surface area contributed by atoms with Gasteiger partial charge in [0, 0.05) is 0 Å². The maximum absolute atomic E-state index is 8.02. The second-order valence-corrected chi connectivity index (χ2v) is 3.09. The molecule has 32 valence electrons. The van der Waals surface area contributed by atoms with Crippen molar-refractivity contribution in [1.82, 2.24) is 0 Å². The Morgan fingerprint density at radius 2 is 2.40 bits per heavy atom. The van der Waals surface area contributed by atoms with Crippen LogP contribution in [0.2, 0.25) is 6.55 Å². The maximum Gasteiger partial charge on any atom is 0.291 e. The van der Waals surface area contributed by atoms with Gasteiger partial charge in [0.25, 0.3) is 10.0 Å². The van der Waals surface area contributed by atoms with E-state index in [0.717, 1.165) is 0 Å². The van der Waals surface area contributed by atoms with Crippen LogP contribution in [0.1, 0.15) is 0 Å². The van der Waals surface area contributed by atoms with Crippen molar-refractivity contribution in [1.29, 1.82) is 0 Å². The summed E-state index contributed by atoms with van der Waals surface area (Å²) in [6.45, 7) is 2.00. The second-order valence-electron chi connectivity index (χ2n) is 0.622. The molecule has 0 saturated carbocycles. The summed E-state index contributed by atoms with van der Waals surface area (Å²) in [5.74, 6) is 0. The van der Waals surface area contributed by atoms with Crippen molar-refractivity contribution in [3.05, 3.63) is 0 Å². The van der Waals surface area contributed by atoms with Crippen molar-refractivity contribution in [2.45, 2.75) is 6.55 Å². The Morgan fingerprint density at radius 1 is 1.80 bits per heavy atom. The molecule has 1 N–H and O–H groups in total. The fraction of sp³-hybridized carbons (Fsp3) is 1.00. The first-order chi connectivity index (χ1) is 2.41. The lowest BCUT2D eigenvalue weighted by Crippen LogP contribution is -1.97. The molecule has 0 spiro atoms. The van der Waals surface area contributed by atoms with Crippen molar-refractivity contribution >= 4 is 19.8 Å². The molecule has 0 aromatic rings. The van der Waals surface area contributed by atoms with Crippen molar-refractivity contribution in [2.24, 2.45) is 0 Å². The molecule has 0 radical (unpaired) electrons. The summed E-state index contributed by atoms with van der Waals surface area (Å²) < 4.78 is 4.67. The highest BCUT2D eigenvalue weighted by atomic mass is 28.3. The first kappa shape index (κ1) is 5.35. The van der Waals surface area contributed by atoms with E-state index in [0.29, 0.717) is 0 Å². The summed E-state index contributed by atoms with van der Waals surface area (Å²) in [6, 6.07) is 0. The molecule has 5 heavy (non-hydrogen) atoms. The molecule has 0 saturated heterocycles. The van der Waals surface area contributed by atoms with E-state index < -0.39 is 10.0 Å². The molecule has 0 aromatic heterocycles. The van der Waals surface area contributed by atoms with Gasteiger partial charge in [0.05, 0.1) is 0 Å². The van der Waals surface area contributed by atoms with Gasteiger partial charge in [-0.3, -0.25) is 0 Å². The van der Waals surface area contributed by atoms with Crippen LogP contribution in [0.5, 0.6) is 0 Å². The minimum Gasteiger partial charge on any atom is -0.446 e. The SMILES string of the molecule is C[SiH2]O[SiH2]O. The zero-order valence-electron chi connectivity index (χ0n) is 3.27. The Labute approximate surface area is 36.2 Å². The quantitative estimate of drug-likeness (QED) is 0.420. The standard InChI is InChI=1S/CH8O2Si2/c1-4-3-5-2/h2H,4-5H2,1H3. The summed E-state index contributed by atoms with van der Waals surface area (Å²) in [4.78, 5) is 8.02. The maximum atomic E-state index is 8.02.